The molecule has 0 aliphatic rings. The maximum Gasteiger partial charge on any atom is 0.326 e. The lowest BCUT2D eigenvalue weighted by molar-refractivity contribution is -0.139. The van der Waals surface area contributed by atoms with E-state index in [9.17, 15) is 23.1 Å². The minimum Gasteiger partial charge on any atom is -0.480 e. The predicted molar refractivity (Wildman–Crippen MR) is 152 cm³/mol. The minimum absolute atomic E-state index is 0.0244. The quantitative estimate of drug-likeness (QED) is 0.223. The van der Waals surface area contributed by atoms with E-state index >= 15 is 0 Å². The maximum absolute atomic E-state index is 13.1. The number of amides is 2. The van der Waals surface area contributed by atoms with Crippen LogP contribution < -0.4 is 15.4 Å². The van der Waals surface area contributed by atoms with E-state index in [2.05, 4.69) is 20.6 Å². The third-order valence-corrected chi connectivity index (χ3v) is 8.02. The van der Waals surface area contributed by atoms with Gasteiger partial charge in [-0.05, 0) is 59.5 Å². The Balaban J connectivity index is 1.26. The summed E-state index contributed by atoms with van der Waals surface area (Å²) in [4.78, 5) is 33.1. The zero-order valence-electron chi connectivity index (χ0n) is 21.5. The number of fused-ring (bicyclic) bond motifs is 1. The highest BCUT2D eigenvalue weighted by atomic mass is 32.2. The first-order valence-electron chi connectivity index (χ1n) is 12.5. The molecule has 206 valence electrons. The average molecular weight is 569 g/mol. The number of ether oxygens (including phenoxy) is 1. The molecule has 3 aromatic carbocycles. The van der Waals surface area contributed by atoms with Crippen LogP contribution in [-0.4, -0.2) is 41.5 Å². The molecule has 41 heavy (non-hydrogen) atoms. The van der Waals surface area contributed by atoms with Crippen molar-refractivity contribution in [1.29, 1.82) is 0 Å². The highest BCUT2D eigenvalue weighted by molar-refractivity contribution is 7.91. The summed E-state index contributed by atoms with van der Waals surface area (Å²) in [7, 11) is -3.93. The number of aromatic nitrogens is 2. The highest BCUT2D eigenvalue weighted by Crippen LogP contribution is 2.28. The van der Waals surface area contributed by atoms with Crippen LogP contribution in [0.4, 0.5) is 10.5 Å². The van der Waals surface area contributed by atoms with Gasteiger partial charge in [-0.15, -0.1) is 0 Å². The summed E-state index contributed by atoms with van der Waals surface area (Å²) in [6.07, 6.45) is 4.95. The van der Waals surface area contributed by atoms with Crippen molar-refractivity contribution in [3.05, 3.63) is 115 Å². The number of carbonyl (C=O) groups is 2. The fraction of sp³-hybridized carbons (Fsp3) is 0.0667. The van der Waals surface area contributed by atoms with E-state index in [1.807, 2.05) is 12.1 Å². The van der Waals surface area contributed by atoms with Crippen molar-refractivity contribution in [2.24, 2.45) is 0 Å². The van der Waals surface area contributed by atoms with Gasteiger partial charge in [0, 0.05) is 25.0 Å². The minimum atomic E-state index is -3.93. The van der Waals surface area contributed by atoms with Crippen LogP contribution in [0.5, 0.6) is 11.6 Å². The third kappa shape index (κ3) is 6.31. The highest BCUT2D eigenvalue weighted by Gasteiger charge is 2.24. The van der Waals surface area contributed by atoms with Crippen molar-refractivity contribution in [1.82, 2.24) is 15.3 Å². The molecule has 0 radical (unpaired) electrons. The topological polar surface area (TPSA) is 148 Å². The molecule has 2 heterocycles. The van der Waals surface area contributed by atoms with Crippen LogP contribution in [0.15, 0.2) is 119 Å². The first kappa shape index (κ1) is 27.3. The van der Waals surface area contributed by atoms with E-state index in [1.165, 1.54) is 24.3 Å². The van der Waals surface area contributed by atoms with Crippen molar-refractivity contribution in [2.75, 3.05) is 5.32 Å². The van der Waals surface area contributed by atoms with Gasteiger partial charge in [0.2, 0.25) is 15.7 Å². The van der Waals surface area contributed by atoms with Gasteiger partial charge in [0.25, 0.3) is 0 Å². The summed E-state index contributed by atoms with van der Waals surface area (Å²) < 4.78 is 32.2. The van der Waals surface area contributed by atoms with E-state index in [0.717, 1.165) is 10.8 Å². The van der Waals surface area contributed by atoms with Crippen molar-refractivity contribution in [3.8, 4) is 11.6 Å². The van der Waals surface area contributed by atoms with E-state index in [-0.39, 0.29) is 21.9 Å². The van der Waals surface area contributed by atoms with Crippen molar-refractivity contribution >= 4 is 38.3 Å². The number of hydrogen-bond donors (Lipinski definition) is 3. The lowest BCUT2D eigenvalue weighted by Gasteiger charge is -2.17. The van der Waals surface area contributed by atoms with Gasteiger partial charge in [0.1, 0.15) is 11.8 Å². The zero-order valence-corrected chi connectivity index (χ0v) is 22.3. The van der Waals surface area contributed by atoms with Crippen molar-refractivity contribution < 1.29 is 27.9 Å². The second-order valence-corrected chi connectivity index (χ2v) is 10.9. The molecular formula is C30H24N4O6S. The third-order valence-electron chi connectivity index (χ3n) is 6.19. The molecule has 2 aromatic heterocycles. The van der Waals surface area contributed by atoms with Crippen LogP contribution in [0, 0.1) is 0 Å². The summed E-state index contributed by atoms with van der Waals surface area (Å²) in [6.45, 7) is 0. The fourth-order valence-corrected chi connectivity index (χ4v) is 5.59. The van der Waals surface area contributed by atoms with Gasteiger partial charge in [0.05, 0.1) is 20.9 Å². The number of aliphatic carboxylic acids is 1. The monoisotopic (exact) mass is 568 g/mol. The Morgan fingerprint density at radius 2 is 1.59 bits per heavy atom. The number of carboxylic acids is 1. The number of sulfone groups is 1. The summed E-state index contributed by atoms with van der Waals surface area (Å²) >= 11 is 0. The molecule has 1 atom stereocenters. The molecule has 3 N–H and O–H groups in total. The fourth-order valence-electron chi connectivity index (χ4n) is 4.15. The SMILES string of the molecule is O=C(Nc1ccccc1S(=O)(=O)c1ccccc1)N[C@@H](Cc1ccc(Oc2nccc3ccncc23)cc1)C(=O)O. The summed E-state index contributed by atoms with van der Waals surface area (Å²) in [5.41, 5.74) is 0.654. The largest absolute Gasteiger partial charge is 0.480 e. The first-order valence-corrected chi connectivity index (χ1v) is 13.9. The van der Waals surface area contributed by atoms with Gasteiger partial charge in [-0.25, -0.2) is 23.0 Å². The Morgan fingerprint density at radius 3 is 2.34 bits per heavy atom. The van der Waals surface area contributed by atoms with Crippen molar-refractivity contribution in [3.63, 3.8) is 0 Å². The van der Waals surface area contributed by atoms with Crippen LogP contribution in [-0.2, 0) is 21.1 Å². The Bertz CT molecular complexity index is 1810. The van der Waals surface area contributed by atoms with Crippen molar-refractivity contribution in [2.45, 2.75) is 22.3 Å². The predicted octanol–water partition coefficient (Wildman–Crippen LogP) is 5.07. The van der Waals surface area contributed by atoms with Crippen LogP contribution in [0.1, 0.15) is 5.56 Å². The number of carbonyl (C=O) groups excluding carboxylic acids is 1. The Labute approximate surface area is 235 Å². The van der Waals surface area contributed by atoms with E-state index in [1.54, 1.807) is 73.2 Å². The molecule has 0 aliphatic carbocycles. The standard InChI is InChI=1S/C30H24N4O6S/c35-29(36)26(18-20-10-12-22(13-11-20)40-28-24-19-31-16-14-21(24)15-17-32-28)34-30(37)33-25-8-4-5-9-27(25)41(38,39)23-6-2-1-3-7-23/h1-17,19,26H,18H2,(H,35,36)(H2,33,34,37)/t26-/m0/s1. The maximum atomic E-state index is 13.1. The Kier molecular flexibility index (Phi) is 7.88. The molecule has 0 saturated carbocycles. The van der Waals surface area contributed by atoms with Crippen LogP contribution in [0.25, 0.3) is 10.8 Å². The number of pyridine rings is 2. The molecule has 11 heteroatoms. The number of urea groups is 1. The number of hydrogen-bond acceptors (Lipinski definition) is 7. The van der Waals surface area contributed by atoms with Gasteiger partial charge < -0.3 is 20.5 Å². The van der Waals surface area contributed by atoms with Crippen LogP contribution >= 0.6 is 0 Å². The average Bonchev–Trinajstić information content (AvgIpc) is 2.98. The lowest BCUT2D eigenvalue weighted by atomic mass is 10.1. The van der Waals surface area contributed by atoms with E-state index in [0.29, 0.717) is 17.2 Å². The molecule has 0 fully saturated rings. The molecular weight excluding hydrogens is 544 g/mol. The zero-order chi connectivity index (χ0) is 28.8. The molecule has 0 saturated heterocycles. The summed E-state index contributed by atoms with van der Waals surface area (Å²) in [6, 6.07) is 22.0. The number of nitrogens with zero attached hydrogens (tertiary/aromatic N) is 2. The summed E-state index contributed by atoms with van der Waals surface area (Å²) in [5.74, 6) is -0.371. The Morgan fingerprint density at radius 1 is 0.878 bits per heavy atom. The Hall–Kier alpha value is -5.29. The van der Waals surface area contributed by atoms with E-state index < -0.39 is 27.9 Å². The van der Waals surface area contributed by atoms with Gasteiger partial charge >= 0.3 is 12.0 Å². The molecule has 2 amide bonds. The number of para-hydroxylation sites is 1. The number of rotatable bonds is 9. The molecule has 0 aliphatic heterocycles. The van der Waals surface area contributed by atoms with Gasteiger partial charge in [-0.2, -0.15) is 0 Å². The van der Waals surface area contributed by atoms with Crippen LogP contribution in [0.2, 0.25) is 0 Å². The number of anilines is 1. The van der Waals surface area contributed by atoms with Gasteiger partial charge in [0.15, 0.2) is 0 Å². The number of benzene rings is 3. The smallest absolute Gasteiger partial charge is 0.326 e. The molecule has 0 spiro atoms. The van der Waals surface area contributed by atoms with E-state index in [4.69, 9.17) is 4.74 Å². The van der Waals surface area contributed by atoms with Crippen LogP contribution in [0.3, 0.4) is 0 Å². The van der Waals surface area contributed by atoms with Gasteiger partial charge in [-0.3, -0.25) is 4.98 Å². The molecule has 5 rings (SSSR count). The lowest BCUT2D eigenvalue weighted by Crippen LogP contribution is -2.44. The normalized spacial score (nSPS) is 11.9. The summed E-state index contributed by atoms with van der Waals surface area (Å²) in [5, 5.41) is 16.3. The first-order chi connectivity index (χ1) is 19.8. The molecule has 0 unspecified atom stereocenters. The number of nitrogens with one attached hydrogen (secondary N) is 2. The number of carboxylic acid groups (broad SMARTS) is 1. The molecule has 5 aromatic rings. The second kappa shape index (κ2) is 11.8. The molecule has 10 nitrogen and oxygen atoms in total. The molecule has 0 bridgehead atoms. The van der Waals surface area contributed by atoms with Gasteiger partial charge in [-0.1, -0.05) is 42.5 Å². The second-order valence-electron chi connectivity index (χ2n) is 8.96.